The van der Waals surface area contributed by atoms with Crippen LogP contribution in [-0.4, -0.2) is 20.5 Å². The van der Waals surface area contributed by atoms with Crippen molar-refractivity contribution in [3.05, 3.63) is 35.3 Å². The lowest BCUT2D eigenvalue weighted by Crippen LogP contribution is -2.08. The number of aromatic nitrogens is 3. The molecule has 0 spiro atoms. The summed E-state index contributed by atoms with van der Waals surface area (Å²) < 4.78 is 6.33. The van der Waals surface area contributed by atoms with Crippen LogP contribution in [0, 0.1) is 0 Å². The molecule has 2 heterocycles. The zero-order chi connectivity index (χ0) is 10.1. The van der Waals surface area contributed by atoms with Crippen LogP contribution >= 0.6 is 11.6 Å². The van der Waals surface area contributed by atoms with Crippen molar-refractivity contribution in [3.63, 3.8) is 0 Å². The number of carbonyl (C=O) groups is 1. The minimum atomic E-state index is -0.336. The van der Waals surface area contributed by atoms with Crippen molar-refractivity contribution >= 4 is 17.4 Å². The van der Waals surface area contributed by atoms with Gasteiger partial charge in [0.25, 0.3) is 5.78 Å². The average Bonchev–Trinajstić information content (AvgIpc) is 2.73. The fraction of sp³-hybridized carbons (Fsp3) is 0.125. The maximum atomic E-state index is 11.7. The van der Waals surface area contributed by atoms with Crippen molar-refractivity contribution in [2.24, 2.45) is 7.05 Å². The van der Waals surface area contributed by atoms with Gasteiger partial charge in [0.1, 0.15) is 6.33 Å². The molecule has 2 aromatic rings. The zero-order valence-corrected chi connectivity index (χ0v) is 8.02. The predicted octanol–water partition coefficient (Wildman–Crippen LogP) is 1.29. The molecule has 5 nitrogen and oxygen atoms in total. The van der Waals surface area contributed by atoms with E-state index in [0.29, 0.717) is 0 Å². The number of ketones is 1. The van der Waals surface area contributed by atoms with E-state index in [4.69, 9.17) is 16.0 Å². The lowest BCUT2D eigenvalue weighted by molar-refractivity contribution is 0.0995. The Morgan fingerprint density at radius 2 is 2.36 bits per heavy atom. The quantitative estimate of drug-likeness (QED) is 0.703. The molecule has 72 valence electrons. The highest BCUT2D eigenvalue weighted by molar-refractivity contribution is 6.29. The van der Waals surface area contributed by atoms with E-state index in [1.54, 1.807) is 7.05 Å². The molecule has 0 atom stereocenters. The molecule has 2 aromatic heterocycles. The monoisotopic (exact) mass is 211 g/mol. The molecular formula is C8H6ClN3O2. The average molecular weight is 212 g/mol. The summed E-state index contributed by atoms with van der Waals surface area (Å²) in [5, 5.41) is 3.96. The van der Waals surface area contributed by atoms with Crippen LogP contribution in [0.5, 0.6) is 0 Å². The highest BCUT2D eigenvalue weighted by Crippen LogP contribution is 2.15. The predicted molar refractivity (Wildman–Crippen MR) is 48.2 cm³/mol. The minimum Gasteiger partial charge on any atom is -0.441 e. The summed E-state index contributed by atoms with van der Waals surface area (Å²) in [6.45, 7) is 0. The largest absolute Gasteiger partial charge is 0.441 e. The lowest BCUT2D eigenvalue weighted by atomic mass is 10.3. The van der Waals surface area contributed by atoms with Crippen LogP contribution in [0.3, 0.4) is 0 Å². The van der Waals surface area contributed by atoms with Gasteiger partial charge in [-0.2, -0.15) is 5.10 Å². The Balaban J connectivity index is 2.38. The summed E-state index contributed by atoms with van der Waals surface area (Å²) in [5.74, 6) is 0.0408. The second-order valence-corrected chi connectivity index (χ2v) is 3.01. The van der Waals surface area contributed by atoms with Gasteiger partial charge in [-0.25, -0.2) is 9.67 Å². The first kappa shape index (κ1) is 8.96. The van der Waals surface area contributed by atoms with Crippen LogP contribution in [0.1, 0.15) is 16.4 Å². The Labute approximate surface area is 84.3 Å². The minimum absolute atomic E-state index is 0.158. The van der Waals surface area contributed by atoms with Crippen molar-refractivity contribution < 1.29 is 9.21 Å². The molecule has 6 heteroatoms. The van der Waals surface area contributed by atoms with Crippen LogP contribution in [0.2, 0.25) is 5.22 Å². The molecule has 0 aliphatic carbocycles. The van der Waals surface area contributed by atoms with E-state index >= 15 is 0 Å². The highest BCUT2D eigenvalue weighted by Gasteiger charge is 2.17. The van der Waals surface area contributed by atoms with Crippen LogP contribution in [-0.2, 0) is 7.05 Å². The van der Waals surface area contributed by atoms with Gasteiger partial charge in [0.2, 0.25) is 5.82 Å². The lowest BCUT2D eigenvalue weighted by Gasteiger charge is -1.94. The highest BCUT2D eigenvalue weighted by atomic mass is 35.5. The van der Waals surface area contributed by atoms with E-state index in [1.807, 2.05) is 0 Å². The van der Waals surface area contributed by atoms with E-state index in [0.717, 1.165) is 0 Å². The molecule has 0 N–H and O–H groups in total. The smallest absolute Gasteiger partial charge is 0.265 e. The van der Waals surface area contributed by atoms with E-state index in [1.165, 1.54) is 23.1 Å². The van der Waals surface area contributed by atoms with Crippen molar-refractivity contribution in [1.82, 2.24) is 14.8 Å². The fourth-order valence-electron chi connectivity index (χ4n) is 1.05. The summed E-state index contributed by atoms with van der Waals surface area (Å²) in [4.78, 5) is 15.5. The molecule has 0 fully saturated rings. The molecule has 0 radical (unpaired) electrons. The van der Waals surface area contributed by atoms with Gasteiger partial charge in [-0.3, -0.25) is 4.79 Å². The van der Waals surface area contributed by atoms with E-state index in [2.05, 4.69) is 10.1 Å². The van der Waals surface area contributed by atoms with Crippen LogP contribution in [0.15, 0.2) is 22.9 Å². The van der Waals surface area contributed by atoms with Crippen LogP contribution < -0.4 is 0 Å². The number of carbonyl (C=O) groups excluding carboxylic acids is 1. The third kappa shape index (κ3) is 1.42. The Morgan fingerprint density at radius 1 is 1.57 bits per heavy atom. The molecule has 0 aromatic carbocycles. The summed E-state index contributed by atoms with van der Waals surface area (Å²) >= 11 is 5.54. The number of hydrogen-bond donors (Lipinski definition) is 0. The topological polar surface area (TPSA) is 60.9 Å². The van der Waals surface area contributed by atoms with E-state index in [9.17, 15) is 4.79 Å². The molecule has 0 saturated carbocycles. The molecular weight excluding hydrogens is 206 g/mol. The van der Waals surface area contributed by atoms with Gasteiger partial charge < -0.3 is 4.42 Å². The van der Waals surface area contributed by atoms with Gasteiger partial charge in [0.05, 0.1) is 0 Å². The van der Waals surface area contributed by atoms with Crippen LogP contribution in [0.4, 0.5) is 0 Å². The number of furan rings is 1. The summed E-state index contributed by atoms with van der Waals surface area (Å²) in [6, 6.07) is 3.00. The molecule has 0 amide bonds. The van der Waals surface area contributed by atoms with Crippen LogP contribution in [0.25, 0.3) is 0 Å². The molecule has 0 saturated heterocycles. The van der Waals surface area contributed by atoms with Gasteiger partial charge in [0.15, 0.2) is 11.0 Å². The first-order valence-corrected chi connectivity index (χ1v) is 4.20. The summed E-state index contributed by atoms with van der Waals surface area (Å²) in [7, 11) is 1.63. The maximum absolute atomic E-state index is 11.7. The third-order valence-corrected chi connectivity index (χ3v) is 1.91. The molecule has 0 unspecified atom stereocenters. The number of rotatable bonds is 2. The third-order valence-electron chi connectivity index (χ3n) is 1.71. The fourth-order valence-corrected chi connectivity index (χ4v) is 1.19. The van der Waals surface area contributed by atoms with E-state index < -0.39 is 0 Å². The molecule has 14 heavy (non-hydrogen) atoms. The molecule has 0 aliphatic heterocycles. The second-order valence-electron chi connectivity index (χ2n) is 2.64. The van der Waals surface area contributed by atoms with Crippen molar-refractivity contribution in [1.29, 1.82) is 0 Å². The Bertz CT molecular complexity index is 474. The second kappa shape index (κ2) is 3.26. The maximum Gasteiger partial charge on any atom is 0.265 e. The summed E-state index contributed by atoms with van der Waals surface area (Å²) in [6.07, 6.45) is 1.30. The number of hydrogen-bond acceptors (Lipinski definition) is 4. The molecule has 0 bridgehead atoms. The van der Waals surface area contributed by atoms with Gasteiger partial charge in [0, 0.05) is 7.05 Å². The van der Waals surface area contributed by atoms with Crippen molar-refractivity contribution in [2.45, 2.75) is 0 Å². The van der Waals surface area contributed by atoms with Crippen molar-refractivity contribution in [3.8, 4) is 0 Å². The summed E-state index contributed by atoms with van der Waals surface area (Å²) in [5.41, 5.74) is 0. The van der Waals surface area contributed by atoms with Gasteiger partial charge in [-0.05, 0) is 23.7 Å². The Hall–Kier alpha value is -1.62. The van der Waals surface area contributed by atoms with Gasteiger partial charge in [-0.15, -0.1) is 0 Å². The standard InChI is InChI=1S/C8H6ClN3O2/c1-12-8(10-4-11-12)7(13)5-2-3-6(9)14-5/h2-4H,1H3. The number of halogens is 1. The SMILES string of the molecule is Cn1ncnc1C(=O)c1ccc(Cl)o1. The molecule has 2 rings (SSSR count). The normalized spacial score (nSPS) is 10.4. The van der Waals surface area contributed by atoms with Gasteiger partial charge in [-0.1, -0.05) is 0 Å². The number of aryl methyl sites for hydroxylation is 1. The van der Waals surface area contributed by atoms with E-state index in [-0.39, 0.29) is 22.6 Å². The molecule has 0 aliphatic rings. The zero-order valence-electron chi connectivity index (χ0n) is 7.27. The Kier molecular flexibility index (Phi) is 2.09. The van der Waals surface area contributed by atoms with Crippen molar-refractivity contribution in [2.75, 3.05) is 0 Å². The first-order valence-electron chi connectivity index (χ1n) is 3.82. The first-order chi connectivity index (χ1) is 6.68. The number of nitrogens with zero attached hydrogens (tertiary/aromatic N) is 3. The van der Waals surface area contributed by atoms with Gasteiger partial charge >= 0.3 is 0 Å². The Morgan fingerprint density at radius 3 is 2.86 bits per heavy atom.